The zero-order valence-corrected chi connectivity index (χ0v) is 9.07. The largest absolute Gasteiger partial charge is 0.191 e. The molecule has 0 saturated heterocycles. The van der Waals surface area contributed by atoms with Crippen molar-refractivity contribution in [2.24, 2.45) is 0 Å². The maximum absolute atomic E-state index is 5.52. The van der Waals surface area contributed by atoms with Gasteiger partial charge >= 0.3 is 0 Å². The van der Waals surface area contributed by atoms with Crippen molar-refractivity contribution in [3.63, 3.8) is 0 Å². The molecule has 9 heavy (non-hydrogen) atoms. The first-order chi connectivity index (χ1) is 3.71. The van der Waals surface area contributed by atoms with Gasteiger partial charge in [-0.25, -0.2) is 0 Å². The van der Waals surface area contributed by atoms with Crippen LogP contribution in [-0.4, -0.2) is 8.12 Å². The van der Waals surface area contributed by atoms with E-state index >= 15 is 0 Å². The molecule has 0 saturated carbocycles. The third-order valence-electron chi connectivity index (χ3n) is 0.621. The molecular formula is C5H8BrCl3. The third kappa shape index (κ3) is 9.35. The molecule has 0 atom stereocenters. The van der Waals surface area contributed by atoms with Crippen molar-refractivity contribution in [3.8, 4) is 0 Å². The smallest absolute Gasteiger partial charge is 0.0858 e. The van der Waals surface area contributed by atoms with Crippen LogP contribution in [0.1, 0.15) is 20.3 Å². The van der Waals surface area contributed by atoms with Crippen LogP contribution in [0, 0.1) is 0 Å². The highest BCUT2D eigenvalue weighted by Crippen LogP contribution is 2.38. The summed E-state index contributed by atoms with van der Waals surface area (Å²) in [7, 11) is 0. The molecule has 0 aliphatic carbocycles. The van der Waals surface area contributed by atoms with Gasteiger partial charge in [-0.05, 0) is 13.8 Å². The number of hydrogen-bond donors (Lipinski definition) is 0. The topological polar surface area (TPSA) is 0 Å². The van der Waals surface area contributed by atoms with Crippen LogP contribution in [0.5, 0.6) is 0 Å². The average molecular weight is 254 g/mol. The Kier molecular flexibility index (Phi) is 3.64. The van der Waals surface area contributed by atoms with Crippen LogP contribution in [0.4, 0.5) is 0 Å². The second-order valence-electron chi connectivity index (χ2n) is 2.51. The van der Waals surface area contributed by atoms with Crippen molar-refractivity contribution in [1.82, 2.24) is 0 Å². The van der Waals surface area contributed by atoms with E-state index in [0.717, 1.165) is 0 Å². The molecule has 0 aliphatic rings. The molecule has 0 aromatic carbocycles. The second kappa shape index (κ2) is 3.17. The normalized spacial score (nSPS) is 14.0. The zero-order chi connectivity index (χ0) is 7.71. The molecule has 4 heteroatoms. The van der Waals surface area contributed by atoms with Gasteiger partial charge in [-0.15, -0.1) is 0 Å². The van der Waals surface area contributed by atoms with Crippen LogP contribution < -0.4 is 0 Å². The van der Waals surface area contributed by atoms with Crippen LogP contribution >= 0.6 is 50.7 Å². The summed E-state index contributed by atoms with van der Waals surface area (Å²) in [5.74, 6) is 0. The summed E-state index contributed by atoms with van der Waals surface area (Å²) in [5, 5.41) is 0. The highest BCUT2D eigenvalue weighted by molar-refractivity contribution is 9.10. The van der Waals surface area contributed by atoms with Gasteiger partial charge in [0.1, 0.15) is 0 Å². The molecule has 0 nitrogen and oxygen atoms in total. The lowest BCUT2D eigenvalue weighted by Crippen LogP contribution is -2.18. The fourth-order valence-corrected chi connectivity index (χ4v) is 2.38. The second-order valence-corrected chi connectivity index (χ2v) is 7.17. The summed E-state index contributed by atoms with van der Waals surface area (Å²) in [4.78, 5) is 0. The van der Waals surface area contributed by atoms with Crippen molar-refractivity contribution in [1.29, 1.82) is 0 Å². The van der Waals surface area contributed by atoms with Gasteiger partial charge in [-0.2, -0.15) is 0 Å². The van der Waals surface area contributed by atoms with E-state index in [-0.39, 0.29) is 4.32 Å². The van der Waals surface area contributed by atoms with Crippen molar-refractivity contribution < 1.29 is 0 Å². The lowest BCUT2D eigenvalue weighted by Gasteiger charge is -2.20. The van der Waals surface area contributed by atoms with Crippen LogP contribution in [0.2, 0.25) is 0 Å². The van der Waals surface area contributed by atoms with Crippen LogP contribution in [-0.2, 0) is 0 Å². The predicted molar refractivity (Wildman–Crippen MR) is 47.9 cm³/mol. The Hall–Kier alpha value is 1.35. The summed E-state index contributed by atoms with van der Waals surface area (Å²) >= 11 is 19.9. The zero-order valence-electron chi connectivity index (χ0n) is 5.22. The molecule has 0 amide bonds. The third-order valence-corrected chi connectivity index (χ3v) is 1.30. The minimum atomic E-state index is -1.15. The minimum Gasteiger partial charge on any atom is -0.0858 e. The van der Waals surface area contributed by atoms with Crippen molar-refractivity contribution in [2.75, 3.05) is 0 Å². The Labute approximate surface area is 79.0 Å². The molecular weight excluding hydrogens is 246 g/mol. The molecule has 0 spiro atoms. The molecule has 0 aromatic heterocycles. The molecule has 0 radical (unpaired) electrons. The van der Waals surface area contributed by atoms with Crippen molar-refractivity contribution in [3.05, 3.63) is 0 Å². The van der Waals surface area contributed by atoms with E-state index in [1.807, 2.05) is 13.8 Å². The molecule has 0 bridgehead atoms. The highest BCUT2D eigenvalue weighted by atomic mass is 79.9. The van der Waals surface area contributed by atoms with E-state index in [9.17, 15) is 0 Å². The van der Waals surface area contributed by atoms with Crippen molar-refractivity contribution >= 4 is 50.7 Å². The van der Waals surface area contributed by atoms with Crippen molar-refractivity contribution in [2.45, 2.75) is 28.4 Å². The van der Waals surface area contributed by atoms with E-state index in [4.69, 9.17) is 34.8 Å². The molecule has 0 rings (SSSR count). The maximum atomic E-state index is 5.52. The van der Waals surface area contributed by atoms with Gasteiger partial charge in [0.05, 0.1) is 0 Å². The Balaban J connectivity index is 3.75. The van der Waals surface area contributed by atoms with E-state index in [1.165, 1.54) is 0 Å². The van der Waals surface area contributed by atoms with Gasteiger partial charge in [-0.3, -0.25) is 0 Å². The fraction of sp³-hybridized carbons (Fsp3) is 1.00. The summed E-state index contributed by atoms with van der Waals surface area (Å²) < 4.78 is -1.24. The Morgan fingerprint density at radius 3 is 1.56 bits per heavy atom. The summed E-state index contributed by atoms with van der Waals surface area (Å²) in [6, 6.07) is 0. The maximum Gasteiger partial charge on any atom is 0.191 e. The predicted octanol–water partition coefficient (Wildman–Crippen LogP) is 3.92. The molecule has 0 aliphatic heterocycles. The Morgan fingerprint density at radius 2 is 1.56 bits per heavy atom. The van der Waals surface area contributed by atoms with Gasteiger partial charge in [-0.1, -0.05) is 50.7 Å². The lowest BCUT2D eigenvalue weighted by atomic mass is 10.1. The molecule has 0 N–H and O–H groups in total. The van der Waals surface area contributed by atoms with Gasteiger partial charge < -0.3 is 0 Å². The first-order valence-corrected chi connectivity index (χ1v) is 4.39. The molecule has 0 aromatic rings. The standard InChI is InChI=1S/C5H8BrCl3/c1-4(2,6)3-5(7,8)9/h3H2,1-2H3. The summed E-state index contributed by atoms with van der Waals surface area (Å²) in [5.41, 5.74) is 0. The summed E-state index contributed by atoms with van der Waals surface area (Å²) in [6.07, 6.45) is 0.505. The van der Waals surface area contributed by atoms with E-state index < -0.39 is 3.79 Å². The molecule has 0 fully saturated rings. The van der Waals surface area contributed by atoms with Gasteiger partial charge in [0, 0.05) is 10.7 Å². The number of halogens is 4. The number of rotatable bonds is 1. The quantitative estimate of drug-likeness (QED) is 0.622. The monoisotopic (exact) mass is 252 g/mol. The first-order valence-electron chi connectivity index (χ1n) is 2.46. The van der Waals surface area contributed by atoms with Crippen LogP contribution in [0.25, 0.3) is 0 Å². The number of hydrogen-bond acceptors (Lipinski definition) is 0. The van der Waals surface area contributed by atoms with E-state index in [1.54, 1.807) is 0 Å². The Bertz CT molecular complexity index is 77.4. The van der Waals surface area contributed by atoms with E-state index in [2.05, 4.69) is 15.9 Å². The van der Waals surface area contributed by atoms with Gasteiger partial charge in [0.25, 0.3) is 0 Å². The highest BCUT2D eigenvalue weighted by Gasteiger charge is 2.28. The first kappa shape index (κ1) is 10.3. The molecule has 0 unspecified atom stereocenters. The fourth-order valence-electron chi connectivity index (χ4n) is 0.477. The lowest BCUT2D eigenvalue weighted by molar-refractivity contribution is 0.666. The SMILES string of the molecule is CC(C)(Br)CC(Cl)(Cl)Cl. The molecule has 56 valence electrons. The minimum absolute atomic E-state index is 0.0990. The van der Waals surface area contributed by atoms with E-state index in [0.29, 0.717) is 6.42 Å². The van der Waals surface area contributed by atoms with Gasteiger partial charge in [0.15, 0.2) is 3.79 Å². The van der Waals surface area contributed by atoms with Gasteiger partial charge in [0.2, 0.25) is 0 Å². The Morgan fingerprint density at radius 1 is 1.22 bits per heavy atom. The molecule has 0 heterocycles. The average Bonchev–Trinajstić information content (AvgIpc) is 1.14. The number of alkyl halides is 4. The summed E-state index contributed by atoms with van der Waals surface area (Å²) in [6.45, 7) is 3.91. The van der Waals surface area contributed by atoms with Crippen LogP contribution in [0.15, 0.2) is 0 Å². The van der Waals surface area contributed by atoms with Crippen LogP contribution in [0.3, 0.4) is 0 Å².